The van der Waals surface area contributed by atoms with Crippen LogP contribution in [0.4, 0.5) is 0 Å². The second kappa shape index (κ2) is 24.3. The van der Waals surface area contributed by atoms with Gasteiger partial charge in [-0.2, -0.15) is 0 Å². The Balaban J connectivity index is 1.24. The van der Waals surface area contributed by atoms with Crippen LogP contribution in [0.5, 0.6) is 0 Å². The fourth-order valence-corrected chi connectivity index (χ4v) is 7.92. The minimum atomic E-state index is -1.70. The molecule has 2 aromatic carbocycles. The summed E-state index contributed by atoms with van der Waals surface area (Å²) in [5.41, 5.74) is 25.5. The van der Waals surface area contributed by atoms with Gasteiger partial charge in [0.05, 0.1) is 19.3 Å². The number of primary amides is 1. The fourth-order valence-electron chi connectivity index (χ4n) is 7.92. The van der Waals surface area contributed by atoms with Crippen LogP contribution in [0.25, 0.3) is 21.8 Å². The number of carboxylic acids is 1. The number of hydrogen-bond acceptors (Lipinski definition) is 12. The molecule has 0 radical (unpaired) electrons. The highest BCUT2D eigenvalue weighted by Crippen LogP contribution is 2.22. The predicted octanol–water partition coefficient (Wildman–Crippen LogP) is -3.44. The molecule has 68 heavy (non-hydrogen) atoms. The first-order valence-electron chi connectivity index (χ1n) is 22.0. The maximum atomic E-state index is 14.3. The molecule has 1 saturated heterocycles. The number of aromatic amines is 2. The van der Waals surface area contributed by atoms with Crippen LogP contribution < -0.4 is 49.5 Å². The van der Waals surface area contributed by atoms with E-state index in [9.17, 15) is 53.7 Å². The van der Waals surface area contributed by atoms with E-state index in [0.29, 0.717) is 12.0 Å². The molecule has 366 valence electrons. The topological polar surface area (TPSA) is 409 Å². The third-order valence-electron chi connectivity index (χ3n) is 11.5. The number of carbonyl (C=O) groups is 8. The summed E-state index contributed by atoms with van der Waals surface area (Å²) in [5, 5.41) is 43.8. The van der Waals surface area contributed by atoms with Gasteiger partial charge in [0.25, 0.3) is 0 Å². The van der Waals surface area contributed by atoms with E-state index >= 15 is 0 Å². The van der Waals surface area contributed by atoms with Gasteiger partial charge in [0.15, 0.2) is 5.96 Å². The molecule has 1 aliphatic rings. The van der Waals surface area contributed by atoms with Gasteiger partial charge in [0.1, 0.15) is 36.3 Å². The number of benzene rings is 2. The van der Waals surface area contributed by atoms with Crippen molar-refractivity contribution < 1.29 is 53.7 Å². The maximum absolute atomic E-state index is 14.3. The van der Waals surface area contributed by atoms with E-state index in [4.69, 9.17) is 22.9 Å². The molecule has 24 heteroatoms. The van der Waals surface area contributed by atoms with Crippen molar-refractivity contribution in [3.63, 3.8) is 0 Å². The molecule has 0 aliphatic carbocycles. The van der Waals surface area contributed by atoms with Crippen molar-refractivity contribution in [2.24, 2.45) is 27.9 Å². The molecule has 7 amide bonds. The first-order chi connectivity index (χ1) is 32.5. The molecular formula is C44H59N13O11. The lowest BCUT2D eigenvalue weighted by molar-refractivity contribution is -0.143. The van der Waals surface area contributed by atoms with Crippen molar-refractivity contribution in [1.29, 1.82) is 0 Å². The highest BCUT2D eigenvalue weighted by Gasteiger charge is 2.40. The number of aliphatic imine (C=N–C) groups is 1. The normalized spacial score (nSPS) is 16.1. The molecule has 0 spiro atoms. The molecule has 0 bridgehead atoms. The van der Waals surface area contributed by atoms with Crippen molar-refractivity contribution in [3.8, 4) is 0 Å². The summed E-state index contributed by atoms with van der Waals surface area (Å²) in [6.45, 7) is -1.87. The number of aliphatic hydroxyl groups is 2. The number of nitrogens with one attached hydrogen (secondary N) is 7. The van der Waals surface area contributed by atoms with Crippen LogP contribution in [0.15, 0.2) is 65.9 Å². The van der Waals surface area contributed by atoms with Crippen molar-refractivity contribution in [1.82, 2.24) is 41.5 Å². The van der Waals surface area contributed by atoms with Crippen LogP contribution >= 0.6 is 0 Å². The zero-order valence-corrected chi connectivity index (χ0v) is 37.1. The Hall–Kier alpha value is -7.57. The number of carboxylic acid groups (broad SMARTS) is 1. The molecular weight excluding hydrogens is 887 g/mol. The van der Waals surface area contributed by atoms with Gasteiger partial charge < -0.3 is 79.7 Å². The monoisotopic (exact) mass is 945 g/mol. The number of guanidine groups is 1. The number of amides is 7. The zero-order valence-electron chi connectivity index (χ0n) is 37.1. The third kappa shape index (κ3) is 13.7. The second-order valence-corrected chi connectivity index (χ2v) is 16.4. The maximum Gasteiger partial charge on any atom is 0.326 e. The number of rotatable bonds is 25. The molecule has 0 saturated carbocycles. The number of hydrogen-bond donors (Lipinski definition) is 14. The van der Waals surface area contributed by atoms with E-state index in [-0.39, 0.29) is 64.0 Å². The number of nitrogens with two attached hydrogens (primary N) is 4. The zero-order chi connectivity index (χ0) is 49.5. The molecule has 7 atom stereocenters. The number of para-hydroxylation sites is 2. The van der Waals surface area contributed by atoms with Gasteiger partial charge in [0, 0.05) is 60.1 Å². The minimum Gasteiger partial charge on any atom is -0.480 e. The molecule has 2 aromatic heterocycles. The fraction of sp³-hybridized carbons (Fsp3) is 0.432. The number of carbonyl (C=O) groups excluding carboxylic acids is 7. The standard InChI is InChI=1S/C44H59N13O11/c45-27(17-23-19-50-28-9-3-1-7-25(23)28)37(61)52-30(13-14-36(46)60)38(62)53-31(11-5-15-49-44(47)48)42(66)57-16-6-12-35(57)41(65)56-34(22-59)40(64)55-33(21-58)39(63)54-32(43(67)68)18-24-20-51-29-10-4-2-8-26(24)29/h1-4,7-10,19-20,27,30-35,50-51,58-59H,5-6,11-18,21-22,45H2,(H2,46,60)(H,52,61)(H,53,62)(H,54,63)(H,55,64)(H,56,65)(H,67,68)(H4,47,48,49)/t27-,30-,31-,32-,33-,34-,35-/m0/s1. The molecule has 5 rings (SSSR count). The van der Waals surface area contributed by atoms with Crippen LogP contribution in [-0.2, 0) is 51.2 Å². The lowest BCUT2D eigenvalue weighted by Gasteiger charge is -2.30. The van der Waals surface area contributed by atoms with Crippen molar-refractivity contribution in [3.05, 3.63) is 72.1 Å². The van der Waals surface area contributed by atoms with Crippen LogP contribution in [0.1, 0.15) is 49.7 Å². The Bertz CT molecular complexity index is 2490. The van der Waals surface area contributed by atoms with Crippen LogP contribution in [0, 0.1) is 0 Å². The number of H-pyrrole nitrogens is 2. The Morgan fingerprint density at radius 1 is 0.691 bits per heavy atom. The van der Waals surface area contributed by atoms with Crippen LogP contribution in [0.3, 0.4) is 0 Å². The highest BCUT2D eigenvalue weighted by molar-refractivity contribution is 5.98. The van der Waals surface area contributed by atoms with Gasteiger partial charge >= 0.3 is 5.97 Å². The number of nitrogens with zero attached hydrogens (tertiary/aromatic N) is 2. The molecule has 24 nitrogen and oxygen atoms in total. The molecule has 1 aliphatic heterocycles. The highest BCUT2D eigenvalue weighted by atomic mass is 16.4. The smallest absolute Gasteiger partial charge is 0.326 e. The number of aromatic nitrogens is 2. The largest absolute Gasteiger partial charge is 0.480 e. The molecule has 0 unspecified atom stereocenters. The van der Waals surface area contributed by atoms with Gasteiger partial charge in [-0.1, -0.05) is 36.4 Å². The van der Waals surface area contributed by atoms with Gasteiger partial charge in [-0.15, -0.1) is 0 Å². The molecule has 4 aromatic rings. The van der Waals surface area contributed by atoms with E-state index in [1.54, 1.807) is 36.7 Å². The Kier molecular flexibility index (Phi) is 18.4. The molecule has 3 heterocycles. The average Bonchev–Trinajstić information content (AvgIpc) is 4.08. The van der Waals surface area contributed by atoms with Crippen LogP contribution in [-0.4, -0.2) is 152 Å². The quantitative estimate of drug-likeness (QED) is 0.0175. The first-order valence-corrected chi connectivity index (χ1v) is 22.0. The lowest BCUT2D eigenvalue weighted by atomic mass is 10.0. The lowest BCUT2D eigenvalue weighted by Crippen LogP contribution is -2.60. The Morgan fingerprint density at radius 3 is 1.79 bits per heavy atom. The van der Waals surface area contributed by atoms with Gasteiger partial charge in [-0.05, 0) is 61.8 Å². The first kappa shape index (κ1) is 51.4. The number of fused-ring (bicyclic) bond motifs is 2. The van der Waals surface area contributed by atoms with Gasteiger partial charge in [-0.25, -0.2) is 4.79 Å². The summed E-state index contributed by atoms with van der Waals surface area (Å²) in [5.74, 6) is -7.69. The Morgan fingerprint density at radius 2 is 1.22 bits per heavy atom. The Labute approximate surface area is 389 Å². The van der Waals surface area contributed by atoms with Gasteiger partial charge in [-0.3, -0.25) is 38.6 Å². The van der Waals surface area contributed by atoms with Crippen LogP contribution in [0.2, 0.25) is 0 Å². The third-order valence-corrected chi connectivity index (χ3v) is 11.5. The van der Waals surface area contributed by atoms with E-state index in [2.05, 4.69) is 41.5 Å². The van der Waals surface area contributed by atoms with Crippen molar-refractivity contribution >= 4 is 75.1 Å². The van der Waals surface area contributed by atoms with Crippen molar-refractivity contribution in [2.45, 2.75) is 93.7 Å². The number of aliphatic hydroxyl groups excluding tert-OH is 2. The van der Waals surface area contributed by atoms with Gasteiger partial charge in [0.2, 0.25) is 41.4 Å². The van der Waals surface area contributed by atoms with E-state index in [0.717, 1.165) is 27.4 Å². The molecule has 1 fully saturated rings. The SMILES string of the molecule is NC(=O)CC[C@H](NC(=O)[C@@H](N)Cc1c[nH]c2ccccc12)C(=O)N[C@@H](CCCN=C(N)N)C(=O)N1CCC[C@H]1C(=O)N[C@@H](CO)C(=O)N[C@@H](CO)C(=O)N[C@@H](Cc1c[nH]c2ccccc12)C(=O)O. The summed E-state index contributed by atoms with van der Waals surface area (Å²) in [4.78, 5) is 117. The summed E-state index contributed by atoms with van der Waals surface area (Å²) >= 11 is 0. The van der Waals surface area contributed by atoms with E-state index in [1.165, 1.54) is 4.90 Å². The minimum absolute atomic E-state index is 0.0355. The molecule has 18 N–H and O–H groups in total. The number of likely N-dealkylation sites (tertiary alicyclic amines) is 1. The predicted molar refractivity (Wildman–Crippen MR) is 247 cm³/mol. The summed E-state index contributed by atoms with van der Waals surface area (Å²) in [6.07, 6.45) is 3.25. The summed E-state index contributed by atoms with van der Waals surface area (Å²) < 4.78 is 0. The summed E-state index contributed by atoms with van der Waals surface area (Å²) in [6, 6.07) is 4.63. The number of aliphatic carboxylic acids is 1. The van der Waals surface area contributed by atoms with E-state index in [1.807, 2.05) is 24.3 Å². The second-order valence-electron chi connectivity index (χ2n) is 16.4. The van der Waals surface area contributed by atoms with E-state index < -0.39 is 103 Å². The summed E-state index contributed by atoms with van der Waals surface area (Å²) in [7, 11) is 0. The van der Waals surface area contributed by atoms with Crippen molar-refractivity contribution in [2.75, 3.05) is 26.3 Å². The average molecular weight is 946 g/mol.